The van der Waals surface area contributed by atoms with Crippen molar-refractivity contribution in [3.63, 3.8) is 0 Å². The number of amides is 2. The molecular formula is C29H31ClN4O3. The van der Waals surface area contributed by atoms with Gasteiger partial charge in [0.25, 0.3) is 5.91 Å². The maximum absolute atomic E-state index is 13.0. The van der Waals surface area contributed by atoms with Crippen LogP contribution in [0.4, 0.5) is 16.2 Å². The first-order valence-electron chi connectivity index (χ1n) is 12.1. The molecule has 1 heterocycles. The molecule has 0 spiro atoms. The topological polar surface area (TPSA) is 91.5 Å². The van der Waals surface area contributed by atoms with Crippen LogP contribution in [0, 0.1) is 0 Å². The molecule has 0 aliphatic carbocycles. The monoisotopic (exact) mass is 518 g/mol. The Bertz CT molecular complexity index is 1300. The zero-order valence-corrected chi connectivity index (χ0v) is 21.9. The van der Waals surface area contributed by atoms with Crippen LogP contribution in [0.25, 0.3) is 11.3 Å². The Kier molecular flexibility index (Phi) is 8.16. The fraction of sp³-hybridized carbons (Fsp3) is 0.241. The van der Waals surface area contributed by atoms with Crippen LogP contribution in [-0.4, -0.2) is 30.7 Å². The Morgan fingerprint density at radius 3 is 2.41 bits per heavy atom. The molecule has 3 aromatic carbocycles. The van der Waals surface area contributed by atoms with Crippen molar-refractivity contribution < 1.29 is 14.3 Å². The Balaban J connectivity index is 1.43. The largest absolute Gasteiger partial charge is 0.444 e. The number of anilines is 2. The SMILES string of the molecule is CC(C)(C)OC(=O)NCCNCc1ccc(N/C(=C2\C(=O)Nc3cc(Cl)ccc32)c2ccccc2)cc1. The van der Waals surface area contributed by atoms with Crippen molar-refractivity contribution in [2.45, 2.75) is 32.9 Å². The fourth-order valence-electron chi connectivity index (χ4n) is 3.93. The van der Waals surface area contributed by atoms with Crippen molar-refractivity contribution in [1.82, 2.24) is 10.6 Å². The highest BCUT2D eigenvalue weighted by molar-refractivity contribution is 6.38. The van der Waals surface area contributed by atoms with E-state index in [4.69, 9.17) is 16.3 Å². The molecule has 37 heavy (non-hydrogen) atoms. The number of rotatable bonds is 8. The number of halogens is 1. The molecule has 4 rings (SSSR count). The summed E-state index contributed by atoms with van der Waals surface area (Å²) in [5.74, 6) is -0.176. The summed E-state index contributed by atoms with van der Waals surface area (Å²) in [7, 11) is 0. The highest BCUT2D eigenvalue weighted by atomic mass is 35.5. The molecule has 0 aromatic heterocycles. The van der Waals surface area contributed by atoms with Crippen molar-refractivity contribution >= 4 is 46.2 Å². The molecule has 1 aliphatic heterocycles. The number of hydrogen-bond donors (Lipinski definition) is 4. The van der Waals surface area contributed by atoms with E-state index in [1.54, 1.807) is 12.1 Å². The molecule has 0 fully saturated rings. The lowest BCUT2D eigenvalue weighted by atomic mass is 10.00. The molecule has 4 N–H and O–H groups in total. The number of carbonyl (C=O) groups excluding carboxylic acids is 2. The van der Waals surface area contributed by atoms with Crippen molar-refractivity contribution in [3.8, 4) is 0 Å². The van der Waals surface area contributed by atoms with Crippen molar-refractivity contribution in [2.24, 2.45) is 0 Å². The summed E-state index contributed by atoms with van der Waals surface area (Å²) >= 11 is 6.14. The summed E-state index contributed by atoms with van der Waals surface area (Å²) in [6.07, 6.45) is -0.422. The minimum Gasteiger partial charge on any atom is -0.444 e. The zero-order chi connectivity index (χ0) is 26.4. The second-order valence-electron chi connectivity index (χ2n) is 9.69. The zero-order valence-electron chi connectivity index (χ0n) is 21.2. The van der Waals surface area contributed by atoms with Crippen LogP contribution >= 0.6 is 11.6 Å². The average Bonchev–Trinajstić information content (AvgIpc) is 3.17. The number of fused-ring (bicyclic) bond motifs is 1. The number of benzene rings is 3. The van der Waals surface area contributed by atoms with Crippen LogP contribution in [0.3, 0.4) is 0 Å². The van der Waals surface area contributed by atoms with E-state index in [1.165, 1.54) is 0 Å². The molecule has 7 nitrogen and oxygen atoms in total. The lowest BCUT2D eigenvalue weighted by Crippen LogP contribution is -2.36. The van der Waals surface area contributed by atoms with Crippen molar-refractivity contribution in [2.75, 3.05) is 23.7 Å². The molecule has 192 valence electrons. The normalized spacial score (nSPS) is 14.0. The Labute approximate surface area is 222 Å². The third kappa shape index (κ3) is 7.12. The third-order valence-electron chi connectivity index (χ3n) is 5.56. The van der Waals surface area contributed by atoms with Gasteiger partial charge in [-0.05, 0) is 56.2 Å². The second kappa shape index (κ2) is 11.5. The Morgan fingerprint density at radius 2 is 1.70 bits per heavy atom. The van der Waals surface area contributed by atoms with Gasteiger partial charge in [-0.15, -0.1) is 0 Å². The van der Waals surface area contributed by atoms with Gasteiger partial charge >= 0.3 is 6.09 Å². The smallest absolute Gasteiger partial charge is 0.407 e. The second-order valence-corrected chi connectivity index (χ2v) is 10.1. The molecule has 2 amide bonds. The molecule has 0 atom stereocenters. The summed E-state index contributed by atoms with van der Waals surface area (Å²) in [6.45, 7) is 7.24. The van der Waals surface area contributed by atoms with Crippen LogP contribution in [0.15, 0.2) is 72.8 Å². The molecule has 0 radical (unpaired) electrons. The maximum atomic E-state index is 13.0. The van der Waals surface area contributed by atoms with E-state index in [9.17, 15) is 9.59 Å². The highest BCUT2D eigenvalue weighted by Gasteiger charge is 2.28. The van der Waals surface area contributed by atoms with Crippen molar-refractivity contribution in [3.05, 3.63) is 94.5 Å². The predicted octanol–water partition coefficient (Wildman–Crippen LogP) is 5.89. The number of alkyl carbamates (subject to hydrolysis) is 1. The van der Waals surface area contributed by atoms with E-state index >= 15 is 0 Å². The quantitative estimate of drug-likeness (QED) is 0.220. The summed E-state index contributed by atoms with van der Waals surface area (Å²) in [4.78, 5) is 24.7. The minimum atomic E-state index is -0.512. The fourth-order valence-corrected chi connectivity index (χ4v) is 4.10. The molecule has 8 heteroatoms. The molecular weight excluding hydrogens is 488 g/mol. The van der Waals surface area contributed by atoms with Crippen LogP contribution in [-0.2, 0) is 16.1 Å². The van der Waals surface area contributed by atoms with E-state index in [2.05, 4.69) is 21.3 Å². The third-order valence-corrected chi connectivity index (χ3v) is 5.80. The van der Waals surface area contributed by atoms with Crippen LogP contribution < -0.4 is 21.3 Å². The predicted molar refractivity (Wildman–Crippen MR) is 149 cm³/mol. The maximum Gasteiger partial charge on any atom is 0.407 e. The molecule has 0 bridgehead atoms. The average molecular weight is 519 g/mol. The number of nitrogens with one attached hydrogen (secondary N) is 4. The summed E-state index contributed by atoms with van der Waals surface area (Å²) in [5, 5.41) is 13.0. The summed E-state index contributed by atoms with van der Waals surface area (Å²) < 4.78 is 5.23. The summed E-state index contributed by atoms with van der Waals surface area (Å²) in [5.41, 5.74) is 5.14. The molecule has 0 saturated carbocycles. The number of carbonyl (C=O) groups is 2. The van der Waals surface area contributed by atoms with Gasteiger partial charge in [-0.3, -0.25) is 4.79 Å². The van der Waals surface area contributed by atoms with E-state index in [0.717, 1.165) is 28.1 Å². The molecule has 0 unspecified atom stereocenters. The molecule has 3 aromatic rings. The van der Waals surface area contributed by atoms with Gasteiger partial charge in [0, 0.05) is 35.9 Å². The van der Waals surface area contributed by atoms with E-state index in [0.29, 0.717) is 35.9 Å². The minimum absolute atomic E-state index is 0.176. The first-order valence-corrected chi connectivity index (χ1v) is 12.5. The Hall–Kier alpha value is -3.81. The van der Waals surface area contributed by atoms with E-state index in [-0.39, 0.29) is 5.91 Å². The van der Waals surface area contributed by atoms with Gasteiger partial charge in [-0.2, -0.15) is 0 Å². The van der Waals surface area contributed by atoms with Gasteiger partial charge in [0.05, 0.1) is 17.0 Å². The van der Waals surface area contributed by atoms with Crippen LogP contribution in [0.5, 0.6) is 0 Å². The van der Waals surface area contributed by atoms with Gasteiger partial charge in [0.2, 0.25) is 0 Å². The summed E-state index contributed by atoms with van der Waals surface area (Å²) in [6, 6.07) is 23.2. The lowest BCUT2D eigenvalue weighted by Gasteiger charge is -2.19. The highest BCUT2D eigenvalue weighted by Crippen LogP contribution is 2.38. The van der Waals surface area contributed by atoms with Gasteiger partial charge in [0.15, 0.2) is 0 Å². The molecule has 1 aliphatic rings. The van der Waals surface area contributed by atoms with Gasteiger partial charge < -0.3 is 26.0 Å². The van der Waals surface area contributed by atoms with Gasteiger partial charge in [0.1, 0.15) is 5.60 Å². The Morgan fingerprint density at radius 1 is 0.973 bits per heavy atom. The van der Waals surface area contributed by atoms with Crippen LogP contribution in [0.2, 0.25) is 5.02 Å². The van der Waals surface area contributed by atoms with Crippen molar-refractivity contribution in [1.29, 1.82) is 0 Å². The van der Waals surface area contributed by atoms with Gasteiger partial charge in [-0.25, -0.2) is 4.79 Å². The first kappa shape index (κ1) is 26.3. The van der Waals surface area contributed by atoms with E-state index in [1.807, 2.05) is 81.4 Å². The van der Waals surface area contributed by atoms with Crippen LogP contribution in [0.1, 0.15) is 37.5 Å². The number of hydrogen-bond acceptors (Lipinski definition) is 5. The van der Waals surface area contributed by atoms with E-state index < -0.39 is 11.7 Å². The van der Waals surface area contributed by atoms with Gasteiger partial charge in [-0.1, -0.05) is 60.1 Å². The first-order chi connectivity index (χ1) is 17.7. The molecule has 0 saturated heterocycles. The lowest BCUT2D eigenvalue weighted by molar-refractivity contribution is -0.110. The number of ether oxygens (including phenoxy) is 1. The standard InChI is InChI=1S/C29H31ClN4O3/c1-29(2,3)37-28(36)32-16-15-31-18-19-9-12-22(13-10-19)33-26(20-7-5-4-6-8-20)25-23-14-11-21(30)17-24(23)34-27(25)35/h4-14,17,31,33H,15-16,18H2,1-3H3,(H,32,36)(H,34,35)/b26-25-.